The Labute approximate surface area is 138 Å². The predicted molar refractivity (Wildman–Crippen MR) is 89.6 cm³/mol. The maximum Gasteiger partial charge on any atom is 0.245 e. The molecular formula is C16H25ClN2O3. The van der Waals surface area contributed by atoms with Gasteiger partial charge in [0.15, 0.2) is 0 Å². The highest BCUT2D eigenvalue weighted by atomic mass is 35.5. The van der Waals surface area contributed by atoms with E-state index < -0.39 is 11.0 Å². The minimum atomic E-state index is -0.921. The van der Waals surface area contributed by atoms with Gasteiger partial charge in [0.25, 0.3) is 0 Å². The zero-order valence-electron chi connectivity index (χ0n) is 13.5. The average molecular weight is 329 g/mol. The molecule has 0 aliphatic heterocycles. The largest absolute Gasteiger partial charge is 0.497 e. The Bertz CT molecular complexity index is 536. The lowest BCUT2D eigenvalue weighted by Gasteiger charge is -2.57. The highest BCUT2D eigenvalue weighted by Gasteiger charge is 2.62. The molecule has 1 fully saturated rings. The molecule has 0 saturated heterocycles. The summed E-state index contributed by atoms with van der Waals surface area (Å²) in [5.41, 5.74) is 5.70. The second kappa shape index (κ2) is 6.86. The predicted octanol–water partition coefficient (Wildman–Crippen LogP) is 2.59. The highest BCUT2D eigenvalue weighted by Crippen LogP contribution is 2.50. The smallest absolute Gasteiger partial charge is 0.245 e. The SMILES string of the molecule is CCOC1CC(N)(C(=O)Nc2cccc(OC)c2)C1(C)C.Cl. The van der Waals surface area contributed by atoms with Gasteiger partial charge in [-0.3, -0.25) is 4.79 Å². The van der Waals surface area contributed by atoms with Crippen LogP contribution in [-0.2, 0) is 9.53 Å². The van der Waals surface area contributed by atoms with Crippen molar-refractivity contribution in [1.82, 2.24) is 0 Å². The maximum atomic E-state index is 12.5. The van der Waals surface area contributed by atoms with Gasteiger partial charge in [0.2, 0.25) is 5.91 Å². The molecule has 0 radical (unpaired) electrons. The van der Waals surface area contributed by atoms with Crippen molar-refractivity contribution in [3.05, 3.63) is 24.3 Å². The van der Waals surface area contributed by atoms with Crippen molar-refractivity contribution in [1.29, 1.82) is 0 Å². The van der Waals surface area contributed by atoms with Crippen LogP contribution in [0.25, 0.3) is 0 Å². The van der Waals surface area contributed by atoms with Crippen molar-refractivity contribution in [2.75, 3.05) is 19.0 Å². The van der Waals surface area contributed by atoms with Crippen molar-refractivity contribution >= 4 is 24.0 Å². The lowest BCUT2D eigenvalue weighted by molar-refractivity contribution is -0.166. The van der Waals surface area contributed by atoms with E-state index in [1.807, 2.05) is 39.0 Å². The van der Waals surface area contributed by atoms with Crippen molar-refractivity contribution in [2.45, 2.75) is 38.8 Å². The van der Waals surface area contributed by atoms with Crippen LogP contribution in [0.2, 0.25) is 0 Å². The molecule has 3 N–H and O–H groups in total. The molecule has 6 heteroatoms. The number of carbonyl (C=O) groups is 1. The quantitative estimate of drug-likeness (QED) is 0.871. The summed E-state index contributed by atoms with van der Waals surface area (Å²) in [6.45, 7) is 6.52. The number of nitrogens with two attached hydrogens (primary N) is 1. The highest BCUT2D eigenvalue weighted by molar-refractivity contribution is 5.99. The molecule has 2 unspecified atom stereocenters. The standard InChI is InChI=1S/C16H24N2O3.ClH/c1-5-21-13-10-16(17,15(13,2)3)14(19)18-11-7-6-8-12(9-11)20-4;/h6-9,13H,5,10,17H2,1-4H3,(H,18,19);1H. The summed E-state index contributed by atoms with van der Waals surface area (Å²) in [6, 6.07) is 7.24. The zero-order chi connectivity index (χ0) is 15.7. The van der Waals surface area contributed by atoms with Crippen LogP contribution >= 0.6 is 12.4 Å². The molecule has 124 valence electrons. The number of hydrogen-bond donors (Lipinski definition) is 2. The second-order valence-electron chi connectivity index (χ2n) is 6.03. The number of anilines is 1. The molecule has 2 rings (SSSR count). The number of hydrogen-bond acceptors (Lipinski definition) is 4. The molecule has 5 nitrogen and oxygen atoms in total. The minimum absolute atomic E-state index is 0. The molecule has 1 aliphatic rings. The number of rotatable bonds is 5. The number of carbonyl (C=O) groups excluding carboxylic acids is 1. The van der Waals surface area contributed by atoms with E-state index >= 15 is 0 Å². The van der Waals surface area contributed by atoms with E-state index in [1.54, 1.807) is 13.2 Å². The van der Waals surface area contributed by atoms with E-state index in [0.717, 1.165) is 0 Å². The van der Waals surface area contributed by atoms with Gasteiger partial charge in [-0.05, 0) is 19.1 Å². The van der Waals surface area contributed by atoms with E-state index in [-0.39, 0.29) is 24.4 Å². The molecule has 0 spiro atoms. The summed E-state index contributed by atoms with van der Waals surface area (Å²) < 4.78 is 10.8. The Kier molecular flexibility index (Phi) is 5.84. The summed E-state index contributed by atoms with van der Waals surface area (Å²) in [4.78, 5) is 12.5. The Morgan fingerprint density at radius 3 is 2.68 bits per heavy atom. The van der Waals surface area contributed by atoms with E-state index in [0.29, 0.717) is 24.5 Å². The molecule has 1 saturated carbocycles. The van der Waals surface area contributed by atoms with Gasteiger partial charge in [0.1, 0.15) is 11.3 Å². The first kappa shape index (κ1) is 18.7. The monoisotopic (exact) mass is 328 g/mol. The van der Waals surface area contributed by atoms with Gasteiger partial charge in [-0.15, -0.1) is 12.4 Å². The van der Waals surface area contributed by atoms with Crippen LogP contribution in [0.4, 0.5) is 5.69 Å². The van der Waals surface area contributed by atoms with Gasteiger partial charge in [-0.1, -0.05) is 19.9 Å². The summed E-state index contributed by atoms with van der Waals surface area (Å²) in [7, 11) is 1.59. The molecule has 0 heterocycles. The molecule has 1 aliphatic carbocycles. The fourth-order valence-electron chi connectivity index (χ4n) is 2.76. The van der Waals surface area contributed by atoms with Gasteiger partial charge in [0, 0.05) is 30.2 Å². The van der Waals surface area contributed by atoms with E-state index in [1.165, 1.54) is 0 Å². The van der Waals surface area contributed by atoms with Crippen LogP contribution in [-0.4, -0.2) is 31.3 Å². The number of benzene rings is 1. The molecule has 1 amide bonds. The fourth-order valence-corrected chi connectivity index (χ4v) is 2.76. The topological polar surface area (TPSA) is 73.6 Å². The maximum absolute atomic E-state index is 12.5. The first-order valence-corrected chi connectivity index (χ1v) is 7.21. The van der Waals surface area contributed by atoms with Crippen molar-refractivity contribution in [3.63, 3.8) is 0 Å². The number of ether oxygens (including phenoxy) is 2. The number of methoxy groups -OCH3 is 1. The average Bonchev–Trinajstić information content (AvgIpc) is 2.46. The van der Waals surface area contributed by atoms with Crippen LogP contribution in [0, 0.1) is 5.41 Å². The summed E-state index contributed by atoms with van der Waals surface area (Å²) in [5.74, 6) is 0.510. The van der Waals surface area contributed by atoms with Crippen molar-refractivity contribution in [3.8, 4) is 5.75 Å². The first-order valence-electron chi connectivity index (χ1n) is 7.21. The van der Waals surface area contributed by atoms with Crippen molar-refractivity contribution < 1.29 is 14.3 Å². The Morgan fingerprint density at radius 2 is 2.14 bits per heavy atom. The van der Waals surface area contributed by atoms with E-state index in [4.69, 9.17) is 15.2 Å². The molecule has 1 aromatic rings. The summed E-state index contributed by atoms with van der Waals surface area (Å²) >= 11 is 0. The normalized spacial score (nSPS) is 25.6. The number of amides is 1. The van der Waals surface area contributed by atoms with E-state index in [2.05, 4.69) is 5.32 Å². The lowest BCUT2D eigenvalue weighted by Crippen LogP contribution is -2.74. The molecule has 0 bridgehead atoms. The van der Waals surface area contributed by atoms with Crippen molar-refractivity contribution in [2.24, 2.45) is 11.1 Å². The summed E-state index contributed by atoms with van der Waals surface area (Å²) in [6.07, 6.45) is 0.549. The third-order valence-corrected chi connectivity index (χ3v) is 4.56. The molecular weight excluding hydrogens is 304 g/mol. The first-order chi connectivity index (χ1) is 9.85. The Morgan fingerprint density at radius 1 is 1.45 bits per heavy atom. The minimum Gasteiger partial charge on any atom is -0.497 e. The van der Waals surface area contributed by atoms with Crippen LogP contribution < -0.4 is 15.8 Å². The molecule has 0 aromatic heterocycles. The number of halogens is 1. The number of nitrogens with one attached hydrogen (secondary N) is 1. The van der Waals surface area contributed by atoms with Crippen LogP contribution in [0.3, 0.4) is 0 Å². The summed E-state index contributed by atoms with van der Waals surface area (Å²) in [5, 5.41) is 2.88. The lowest BCUT2D eigenvalue weighted by atomic mass is 9.54. The molecule has 1 aromatic carbocycles. The van der Waals surface area contributed by atoms with Crippen LogP contribution in [0.1, 0.15) is 27.2 Å². The molecule has 2 atom stereocenters. The van der Waals surface area contributed by atoms with Crippen LogP contribution in [0.5, 0.6) is 5.75 Å². The Balaban J connectivity index is 0.00000242. The van der Waals surface area contributed by atoms with Crippen LogP contribution in [0.15, 0.2) is 24.3 Å². The van der Waals surface area contributed by atoms with Gasteiger partial charge >= 0.3 is 0 Å². The van der Waals surface area contributed by atoms with Gasteiger partial charge in [-0.25, -0.2) is 0 Å². The van der Waals surface area contributed by atoms with Gasteiger partial charge in [-0.2, -0.15) is 0 Å². The van der Waals surface area contributed by atoms with E-state index in [9.17, 15) is 4.79 Å². The van der Waals surface area contributed by atoms with Gasteiger partial charge in [0.05, 0.1) is 13.2 Å². The second-order valence-corrected chi connectivity index (χ2v) is 6.03. The third kappa shape index (κ3) is 3.07. The third-order valence-electron chi connectivity index (χ3n) is 4.56. The Hall–Kier alpha value is -1.30. The fraction of sp³-hybridized carbons (Fsp3) is 0.562. The molecule has 22 heavy (non-hydrogen) atoms. The zero-order valence-corrected chi connectivity index (χ0v) is 14.3. The van der Waals surface area contributed by atoms with Gasteiger partial charge < -0.3 is 20.5 Å².